The average Bonchev–Trinajstić information content (AvgIpc) is 3.29. The van der Waals surface area contributed by atoms with Crippen LogP contribution in [0.25, 0.3) is 0 Å². The zero-order valence-corrected chi connectivity index (χ0v) is 17.8. The SMILES string of the molecule is CC(C)n1nnnc1COc1cccc(C(=O)Nc2ccc(Oc3ccccc3)cc2)c1. The van der Waals surface area contributed by atoms with Gasteiger partial charge in [-0.25, -0.2) is 4.68 Å². The van der Waals surface area contributed by atoms with E-state index in [2.05, 4.69) is 20.8 Å². The molecule has 0 atom stereocenters. The minimum Gasteiger partial charge on any atom is -0.486 e. The van der Waals surface area contributed by atoms with Crippen molar-refractivity contribution in [2.45, 2.75) is 26.5 Å². The monoisotopic (exact) mass is 429 g/mol. The summed E-state index contributed by atoms with van der Waals surface area (Å²) in [5, 5.41) is 14.5. The highest BCUT2D eigenvalue weighted by molar-refractivity contribution is 6.04. The Hall–Kier alpha value is -4.20. The smallest absolute Gasteiger partial charge is 0.255 e. The number of amides is 1. The van der Waals surface area contributed by atoms with Crippen LogP contribution in [0.4, 0.5) is 5.69 Å². The van der Waals surface area contributed by atoms with Gasteiger partial charge in [0.05, 0.1) is 6.04 Å². The number of anilines is 1. The second kappa shape index (κ2) is 9.74. The molecule has 3 aromatic carbocycles. The van der Waals surface area contributed by atoms with E-state index in [1.165, 1.54) is 0 Å². The molecule has 0 aliphatic heterocycles. The molecular weight excluding hydrogens is 406 g/mol. The fourth-order valence-corrected chi connectivity index (χ4v) is 3.02. The summed E-state index contributed by atoms with van der Waals surface area (Å²) in [6.07, 6.45) is 0. The van der Waals surface area contributed by atoms with E-state index in [-0.39, 0.29) is 18.6 Å². The van der Waals surface area contributed by atoms with Crippen LogP contribution in [-0.4, -0.2) is 26.1 Å². The van der Waals surface area contributed by atoms with E-state index in [0.29, 0.717) is 28.6 Å². The average molecular weight is 429 g/mol. The van der Waals surface area contributed by atoms with Gasteiger partial charge in [0, 0.05) is 11.3 Å². The summed E-state index contributed by atoms with van der Waals surface area (Å²) in [6.45, 7) is 4.19. The van der Waals surface area contributed by atoms with E-state index >= 15 is 0 Å². The molecule has 1 N–H and O–H groups in total. The third-order valence-corrected chi connectivity index (χ3v) is 4.61. The van der Waals surface area contributed by atoms with Crippen molar-refractivity contribution < 1.29 is 14.3 Å². The van der Waals surface area contributed by atoms with Crippen molar-refractivity contribution in [3.63, 3.8) is 0 Å². The number of benzene rings is 3. The molecule has 4 rings (SSSR count). The summed E-state index contributed by atoms with van der Waals surface area (Å²) in [5.41, 5.74) is 1.15. The lowest BCUT2D eigenvalue weighted by Crippen LogP contribution is -2.13. The zero-order valence-electron chi connectivity index (χ0n) is 17.8. The Morgan fingerprint density at radius 1 is 0.938 bits per heavy atom. The highest BCUT2D eigenvalue weighted by atomic mass is 16.5. The molecule has 162 valence electrons. The number of aromatic nitrogens is 4. The third kappa shape index (κ3) is 5.28. The van der Waals surface area contributed by atoms with Gasteiger partial charge in [0.2, 0.25) is 0 Å². The third-order valence-electron chi connectivity index (χ3n) is 4.61. The number of carbonyl (C=O) groups excluding carboxylic acids is 1. The lowest BCUT2D eigenvalue weighted by Gasteiger charge is -2.11. The first-order valence-corrected chi connectivity index (χ1v) is 10.2. The molecule has 32 heavy (non-hydrogen) atoms. The predicted molar refractivity (Wildman–Crippen MR) is 120 cm³/mol. The Labute approximate surface area is 185 Å². The first kappa shape index (κ1) is 21.0. The molecule has 0 aliphatic rings. The van der Waals surface area contributed by atoms with Crippen molar-refractivity contribution in [3.05, 3.63) is 90.3 Å². The Morgan fingerprint density at radius 3 is 2.41 bits per heavy atom. The molecule has 8 heteroatoms. The maximum Gasteiger partial charge on any atom is 0.255 e. The lowest BCUT2D eigenvalue weighted by atomic mass is 10.2. The Balaban J connectivity index is 1.36. The second-order valence-corrected chi connectivity index (χ2v) is 7.34. The molecule has 0 bridgehead atoms. The fraction of sp³-hybridized carbons (Fsp3) is 0.167. The standard InChI is InChI=1S/C24H23N5O3/c1-17(2)29-23(26-27-28-29)16-31-22-10-6-7-18(15-22)24(30)25-19-11-13-21(14-12-19)32-20-8-4-3-5-9-20/h3-15,17H,16H2,1-2H3,(H,25,30). The minimum absolute atomic E-state index is 0.130. The largest absolute Gasteiger partial charge is 0.486 e. The molecular formula is C24H23N5O3. The summed E-state index contributed by atoms with van der Waals surface area (Å²) in [5.74, 6) is 2.38. The number of hydrogen-bond acceptors (Lipinski definition) is 6. The highest BCUT2D eigenvalue weighted by Gasteiger charge is 2.11. The molecule has 1 aromatic heterocycles. The number of tetrazole rings is 1. The molecule has 0 radical (unpaired) electrons. The molecule has 0 fully saturated rings. The Bertz CT molecular complexity index is 1170. The van der Waals surface area contributed by atoms with Gasteiger partial charge in [-0.05, 0) is 78.9 Å². The van der Waals surface area contributed by atoms with Gasteiger partial charge in [-0.1, -0.05) is 24.3 Å². The van der Waals surface area contributed by atoms with Crippen LogP contribution in [-0.2, 0) is 6.61 Å². The van der Waals surface area contributed by atoms with Crippen LogP contribution in [0.15, 0.2) is 78.9 Å². The Morgan fingerprint density at radius 2 is 1.66 bits per heavy atom. The summed E-state index contributed by atoms with van der Waals surface area (Å²) in [7, 11) is 0. The van der Waals surface area contributed by atoms with Gasteiger partial charge in [0.25, 0.3) is 5.91 Å². The van der Waals surface area contributed by atoms with Gasteiger partial charge in [-0.15, -0.1) is 5.10 Å². The first-order chi connectivity index (χ1) is 15.6. The molecule has 0 saturated heterocycles. The second-order valence-electron chi connectivity index (χ2n) is 7.34. The van der Waals surface area contributed by atoms with Gasteiger partial charge in [-0.3, -0.25) is 4.79 Å². The van der Waals surface area contributed by atoms with Crippen LogP contribution < -0.4 is 14.8 Å². The van der Waals surface area contributed by atoms with Crippen molar-refractivity contribution >= 4 is 11.6 Å². The normalized spacial score (nSPS) is 10.7. The van der Waals surface area contributed by atoms with Crippen molar-refractivity contribution in [3.8, 4) is 17.2 Å². The van der Waals surface area contributed by atoms with Gasteiger partial charge in [0.1, 0.15) is 23.9 Å². The summed E-state index contributed by atoms with van der Waals surface area (Å²) < 4.78 is 13.3. The van der Waals surface area contributed by atoms with Crippen molar-refractivity contribution in [1.29, 1.82) is 0 Å². The maximum atomic E-state index is 12.7. The van der Waals surface area contributed by atoms with Gasteiger partial charge >= 0.3 is 0 Å². The summed E-state index contributed by atoms with van der Waals surface area (Å²) >= 11 is 0. The molecule has 1 amide bonds. The molecule has 0 aliphatic carbocycles. The number of rotatable bonds is 8. The molecule has 0 unspecified atom stereocenters. The van der Waals surface area contributed by atoms with Crippen LogP contribution in [0, 0.1) is 0 Å². The van der Waals surface area contributed by atoms with Crippen LogP contribution in [0.2, 0.25) is 0 Å². The van der Waals surface area contributed by atoms with Crippen LogP contribution in [0.1, 0.15) is 36.1 Å². The van der Waals surface area contributed by atoms with Crippen molar-refractivity contribution in [2.24, 2.45) is 0 Å². The summed E-state index contributed by atoms with van der Waals surface area (Å²) in [6, 6.07) is 23.8. The molecule has 0 saturated carbocycles. The van der Waals surface area contributed by atoms with Crippen LogP contribution in [0.5, 0.6) is 17.2 Å². The van der Waals surface area contributed by atoms with Crippen molar-refractivity contribution in [2.75, 3.05) is 5.32 Å². The predicted octanol–water partition coefficient (Wildman–Crippen LogP) is 4.88. The van der Waals surface area contributed by atoms with Crippen molar-refractivity contribution in [1.82, 2.24) is 20.2 Å². The number of nitrogens with zero attached hydrogens (tertiary/aromatic N) is 4. The van der Waals surface area contributed by atoms with E-state index < -0.39 is 0 Å². The lowest BCUT2D eigenvalue weighted by molar-refractivity contribution is 0.102. The van der Waals surface area contributed by atoms with Crippen LogP contribution >= 0.6 is 0 Å². The summed E-state index contributed by atoms with van der Waals surface area (Å²) in [4.78, 5) is 12.7. The first-order valence-electron chi connectivity index (χ1n) is 10.2. The number of nitrogens with one attached hydrogen (secondary N) is 1. The van der Waals surface area contributed by atoms with E-state index in [1.807, 2.05) is 44.2 Å². The molecule has 0 spiro atoms. The number of carbonyl (C=O) groups is 1. The molecule has 4 aromatic rings. The quantitative estimate of drug-likeness (QED) is 0.429. The van der Waals surface area contributed by atoms with E-state index in [9.17, 15) is 4.79 Å². The van der Waals surface area contributed by atoms with E-state index in [0.717, 1.165) is 5.75 Å². The van der Waals surface area contributed by atoms with Gasteiger partial charge in [-0.2, -0.15) is 0 Å². The highest BCUT2D eigenvalue weighted by Crippen LogP contribution is 2.23. The van der Waals surface area contributed by atoms with Gasteiger partial charge < -0.3 is 14.8 Å². The topological polar surface area (TPSA) is 91.2 Å². The molecule has 8 nitrogen and oxygen atoms in total. The minimum atomic E-state index is -0.237. The van der Waals surface area contributed by atoms with Gasteiger partial charge in [0.15, 0.2) is 5.82 Å². The molecule has 1 heterocycles. The maximum absolute atomic E-state index is 12.7. The zero-order chi connectivity index (χ0) is 22.3. The van der Waals surface area contributed by atoms with E-state index in [4.69, 9.17) is 9.47 Å². The Kier molecular flexibility index (Phi) is 6.41. The number of para-hydroxylation sites is 1. The van der Waals surface area contributed by atoms with Crippen LogP contribution in [0.3, 0.4) is 0 Å². The fourth-order valence-electron chi connectivity index (χ4n) is 3.02. The number of hydrogen-bond donors (Lipinski definition) is 1. The van der Waals surface area contributed by atoms with E-state index in [1.54, 1.807) is 53.2 Å². The number of ether oxygens (including phenoxy) is 2.